The lowest BCUT2D eigenvalue weighted by Gasteiger charge is -2.20. The van der Waals surface area contributed by atoms with Gasteiger partial charge in [0.15, 0.2) is 0 Å². The van der Waals surface area contributed by atoms with Crippen LogP contribution in [0.1, 0.15) is 18.0 Å². The fourth-order valence-corrected chi connectivity index (χ4v) is 1.93. The van der Waals surface area contributed by atoms with E-state index in [0.29, 0.717) is 6.42 Å². The molecule has 2 aromatic rings. The summed E-state index contributed by atoms with van der Waals surface area (Å²) < 4.78 is 12.9. The van der Waals surface area contributed by atoms with Crippen LogP contribution >= 0.6 is 0 Å². The molecule has 104 valence electrons. The van der Waals surface area contributed by atoms with Crippen LogP contribution in [0, 0.1) is 5.82 Å². The molecule has 0 bridgehead atoms. The Morgan fingerprint density at radius 2 is 1.80 bits per heavy atom. The van der Waals surface area contributed by atoms with Gasteiger partial charge in [-0.1, -0.05) is 35.5 Å². The fourth-order valence-electron chi connectivity index (χ4n) is 1.93. The standard InChI is InChI=1S/C15H16FN3O/c16-12-6-8-13(9-7-12)18-14(10-15(17)19-20)11-4-2-1-3-5-11/h1-9,14,18,20H,10H2,(H2,17,19). The van der Waals surface area contributed by atoms with Crippen molar-refractivity contribution in [1.82, 2.24) is 0 Å². The first-order valence-electron chi connectivity index (χ1n) is 6.22. The maximum Gasteiger partial charge on any atom is 0.141 e. The maximum atomic E-state index is 12.9. The van der Waals surface area contributed by atoms with Gasteiger partial charge < -0.3 is 16.3 Å². The van der Waals surface area contributed by atoms with Gasteiger partial charge >= 0.3 is 0 Å². The van der Waals surface area contributed by atoms with Crippen molar-refractivity contribution in [3.8, 4) is 0 Å². The van der Waals surface area contributed by atoms with Crippen molar-refractivity contribution in [1.29, 1.82) is 0 Å². The number of rotatable bonds is 5. The van der Waals surface area contributed by atoms with Gasteiger partial charge in [0.1, 0.15) is 11.7 Å². The summed E-state index contributed by atoms with van der Waals surface area (Å²) in [4.78, 5) is 0. The molecule has 0 amide bonds. The molecule has 0 aromatic heterocycles. The molecule has 0 aliphatic carbocycles. The number of benzene rings is 2. The van der Waals surface area contributed by atoms with Crippen LogP contribution in [0.2, 0.25) is 0 Å². The van der Waals surface area contributed by atoms with Crippen LogP contribution in [0.3, 0.4) is 0 Å². The average molecular weight is 273 g/mol. The molecule has 4 nitrogen and oxygen atoms in total. The van der Waals surface area contributed by atoms with Crippen molar-refractivity contribution in [3.05, 3.63) is 66.0 Å². The maximum absolute atomic E-state index is 12.9. The molecule has 5 heteroatoms. The topological polar surface area (TPSA) is 70.6 Å². The zero-order valence-electron chi connectivity index (χ0n) is 10.8. The Hall–Kier alpha value is -2.56. The van der Waals surface area contributed by atoms with Crippen molar-refractivity contribution in [2.75, 3.05) is 5.32 Å². The molecule has 2 aromatic carbocycles. The van der Waals surface area contributed by atoms with Crippen LogP contribution in [0.5, 0.6) is 0 Å². The number of anilines is 1. The lowest BCUT2D eigenvalue weighted by Crippen LogP contribution is -2.21. The van der Waals surface area contributed by atoms with E-state index in [1.807, 2.05) is 30.3 Å². The lowest BCUT2D eigenvalue weighted by atomic mass is 10.0. The first-order chi connectivity index (χ1) is 9.69. The number of nitrogens with one attached hydrogen (secondary N) is 1. The molecule has 0 saturated carbocycles. The molecule has 0 saturated heterocycles. The highest BCUT2D eigenvalue weighted by molar-refractivity contribution is 5.80. The number of halogens is 1. The second kappa shape index (κ2) is 6.56. The van der Waals surface area contributed by atoms with Crippen molar-refractivity contribution in [2.45, 2.75) is 12.5 Å². The van der Waals surface area contributed by atoms with Gasteiger partial charge in [-0.05, 0) is 29.8 Å². The van der Waals surface area contributed by atoms with E-state index < -0.39 is 0 Å². The summed E-state index contributed by atoms with van der Waals surface area (Å²) in [7, 11) is 0. The molecule has 0 spiro atoms. The Balaban J connectivity index is 2.20. The smallest absolute Gasteiger partial charge is 0.141 e. The van der Waals surface area contributed by atoms with E-state index in [2.05, 4.69) is 10.5 Å². The van der Waals surface area contributed by atoms with E-state index in [1.165, 1.54) is 12.1 Å². The highest BCUT2D eigenvalue weighted by Gasteiger charge is 2.13. The minimum Gasteiger partial charge on any atom is -0.409 e. The Labute approximate surface area is 116 Å². The number of hydrogen-bond donors (Lipinski definition) is 3. The van der Waals surface area contributed by atoms with E-state index in [-0.39, 0.29) is 17.7 Å². The molecular weight excluding hydrogens is 257 g/mol. The first kappa shape index (κ1) is 13.9. The summed E-state index contributed by atoms with van der Waals surface area (Å²) in [5, 5.41) is 15.0. The normalized spacial score (nSPS) is 12.9. The minimum atomic E-state index is -0.289. The molecule has 0 heterocycles. The Morgan fingerprint density at radius 3 is 2.40 bits per heavy atom. The van der Waals surface area contributed by atoms with Gasteiger partial charge in [-0.25, -0.2) is 4.39 Å². The van der Waals surface area contributed by atoms with E-state index in [0.717, 1.165) is 11.3 Å². The van der Waals surface area contributed by atoms with Crippen molar-refractivity contribution < 1.29 is 9.60 Å². The van der Waals surface area contributed by atoms with Gasteiger partial charge in [-0.3, -0.25) is 0 Å². The first-order valence-corrected chi connectivity index (χ1v) is 6.22. The van der Waals surface area contributed by atoms with Crippen LogP contribution in [0.25, 0.3) is 0 Å². The second-order valence-electron chi connectivity index (χ2n) is 4.41. The number of nitrogens with zero attached hydrogens (tertiary/aromatic N) is 1. The Kier molecular flexibility index (Phi) is 4.55. The summed E-state index contributed by atoms with van der Waals surface area (Å²) in [6, 6.07) is 15.6. The molecule has 1 unspecified atom stereocenters. The van der Waals surface area contributed by atoms with Gasteiger partial charge in [0.2, 0.25) is 0 Å². The minimum absolute atomic E-state index is 0.133. The third-order valence-electron chi connectivity index (χ3n) is 2.93. The highest BCUT2D eigenvalue weighted by Crippen LogP contribution is 2.22. The average Bonchev–Trinajstić information content (AvgIpc) is 2.49. The summed E-state index contributed by atoms with van der Waals surface area (Å²) in [5.41, 5.74) is 7.36. The van der Waals surface area contributed by atoms with Gasteiger partial charge in [-0.15, -0.1) is 0 Å². The fraction of sp³-hybridized carbons (Fsp3) is 0.133. The third-order valence-corrected chi connectivity index (χ3v) is 2.93. The number of amidine groups is 1. The van der Waals surface area contributed by atoms with Gasteiger partial charge in [0, 0.05) is 12.1 Å². The number of hydrogen-bond acceptors (Lipinski definition) is 3. The Bertz CT molecular complexity index is 569. The largest absolute Gasteiger partial charge is 0.409 e. The van der Waals surface area contributed by atoms with Crippen molar-refractivity contribution in [2.24, 2.45) is 10.9 Å². The quantitative estimate of drug-likeness (QED) is 0.339. The van der Waals surface area contributed by atoms with Gasteiger partial charge in [0.25, 0.3) is 0 Å². The molecule has 0 fully saturated rings. The van der Waals surface area contributed by atoms with Crippen LogP contribution in [-0.4, -0.2) is 11.0 Å². The summed E-state index contributed by atoms with van der Waals surface area (Å²) in [6.07, 6.45) is 0.345. The Morgan fingerprint density at radius 1 is 1.15 bits per heavy atom. The van der Waals surface area contributed by atoms with Gasteiger partial charge in [-0.2, -0.15) is 0 Å². The van der Waals surface area contributed by atoms with E-state index in [9.17, 15) is 4.39 Å². The molecule has 20 heavy (non-hydrogen) atoms. The van der Waals surface area contributed by atoms with E-state index in [4.69, 9.17) is 10.9 Å². The van der Waals surface area contributed by atoms with E-state index >= 15 is 0 Å². The summed E-state index contributed by atoms with van der Waals surface area (Å²) in [6.45, 7) is 0. The van der Waals surface area contributed by atoms with Gasteiger partial charge in [0.05, 0.1) is 6.04 Å². The van der Waals surface area contributed by atoms with Crippen molar-refractivity contribution in [3.63, 3.8) is 0 Å². The van der Waals surface area contributed by atoms with E-state index in [1.54, 1.807) is 12.1 Å². The van der Waals surface area contributed by atoms with Crippen LogP contribution in [-0.2, 0) is 0 Å². The summed E-state index contributed by atoms with van der Waals surface area (Å²) >= 11 is 0. The monoisotopic (exact) mass is 273 g/mol. The highest BCUT2D eigenvalue weighted by atomic mass is 19.1. The molecule has 1 atom stereocenters. The predicted octanol–water partition coefficient (Wildman–Crippen LogP) is 3.12. The molecule has 0 radical (unpaired) electrons. The molecule has 4 N–H and O–H groups in total. The number of nitrogens with two attached hydrogens (primary N) is 1. The summed E-state index contributed by atoms with van der Waals surface area (Å²) in [5.74, 6) is -0.156. The van der Waals surface area contributed by atoms with Crippen LogP contribution in [0.15, 0.2) is 59.8 Å². The number of oxime groups is 1. The van der Waals surface area contributed by atoms with Crippen molar-refractivity contribution >= 4 is 11.5 Å². The molecule has 0 aliphatic rings. The van der Waals surface area contributed by atoms with Crippen LogP contribution in [0.4, 0.5) is 10.1 Å². The lowest BCUT2D eigenvalue weighted by molar-refractivity contribution is 0.316. The SMILES string of the molecule is NC(CC(Nc1ccc(F)cc1)c1ccccc1)=NO. The molecule has 0 aliphatic heterocycles. The molecule has 2 rings (SSSR count). The third kappa shape index (κ3) is 3.71. The second-order valence-corrected chi connectivity index (χ2v) is 4.41. The predicted molar refractivity (Wildman–Crippen MR) is 77.2 cm³/mol. The van der Waals surface area contributed by atoms with Crippen LogP contribution < -0.4 is 11.1 Å². The zero-order chi connectivity index (χ0) is 14.4. The molecular formula is C15H16FN3O. The zero-order valence-corrected chi connectivity index (χ0v) is 10.8.